The summed E-state index contributed by atoms with van der Waals surface area (Å²) in [5.74, 6) is 0. The minimum atomic E-state index is 0.0292. The number of carbonyl (C=O) groups excluding carboxylic acids is 1. The van der Waals surface area contributed by atoms with Gasteiger partial charge in [0.25, 0.3) is 0 Å². The predicted octanol–water partition coefficient (Wildman–Crippen LogP) is 0.257. The van der Waals surface area contributed by atoms with Crippen LogP contribution in [0, 0.1) is 0 Å². The van der Waals surface area contributed by atoms with E-state index in [1.165, 1.54) is 0 Å². The van der Waals surface area contributed by atoms with Crippen LogP contribution in [0.25, 0.3) is 0 Å². The highest BCUT2D eigenvalue weighted by Gasteiger charge is 2.13. The van der Waals surface area contributed by atoms with Gasteiger partial charge in [-0.2, -0.15) is 0 Å². The molecule has 1 fully saturated rings. The Kier molecular flexibility index (Phi) is 6.47. The van der Waals surface area contributed by atoms with Crippen molar-refractivity contribution >= 4 is 6.03 Å². The topological polar surface area (TPSA) is 44.4 Å². The molecule has 0 atom stereocenters. The van der Waals surface area contributed by atoms with Gasteiger partial charge in [-0.05, 0) is 0 Å². The van der Waals surface area contributed by atoms with Crippen LogP contribution >= 0.6 is 0 Å². The molecule has 2 amide bonds. The molecule has 4 nitrogen and oxygen atoms in total. The fourth-order valence-corrected chi connectivity index (χ4v) is 1.03. The Morgan fingerprint density at radius 1 is 1.33 bits per heavy atom. The zero-order chi connectivity index (χ0) is 9.40. The minimum Gasteiger partial charge on any atom is -0.341 e. The van der Waals surface area contributed by atoms with Crippen molar-refractivity contribution in [1.82, 2.24) is 15.5 Å². The highest BCUT2D eigenvalue weighted by molar-refractivity contribution is 5.73. The quantitative estimate of drug-likeness (QED) is 0.552. The molecule has 1 aliphatic heterocycles. The number of rotatable bonds is 0. The first-order valence-electron chi connectivity index (χ1n) is 4.52. The average Bonchev–Trinajstić information content (AvgIpc) is 2.21. The van der Waals surface area contributed by atoms with Crippen LogP contribution in [0.3, 0.4) is 0 Å². The van der Waals surface area contributed by atoms with Gasteiger partial charge in [-0.25, -0.2) is 4.79 Å². The summed E-state index contributed by atoms with van der Waals surface area (Å²) >= 11 is 0. The first-order valence-corrected chi connectivity index (χ1v) is 4.52. The lowest BCUT2D eigenvalue weighted by Gasteiger charge is -2.26. The van der Waals surface area contributed by atoms with E-state index in [0.29, 0.717) is 0 Å². The van der Waals surface area contributed by atoms with E-state index < -0.39 is 0 Å². The van der Waals surface area contributed by atoms with Crippen molar-refractivity contribution in [3.63, 3.8) is 0 Å². The van der Waals surface area contributed by atoms with Crippen molar-refractivity contribution in [2.24, 2.45) is 0 Å². The molecule has 0 aromatic heterocycles. The number of nitrogens with zero attached hydrogens (tertiary/aromatic N) is 1. The summed E-state index contributed by atoms with van der Waals surface area (Å²) in [7, 11) is 1.66. The summed E-state index contributed by atoms with van der Waals surface area (Å²) in [6.07, 6.45) is 0. The monoisotopic (exact) mass is 173 g/mol. The Hall–Kier alpha value is -0.770. The summed E-state index contributed by atoms with van der Waals surface area (Å²) in [5.41, 5.74) is 0. The Morgan fingerprint density at radius 3 is 2.25 bits per heavy atom. The van der Waals surface area contributed by atoms with Crippen molar-refractivity contribution in [3.8, 4) is 0 Å². The summed E-state index contributed by atoms with van der Waals surface area (Å²) in [6, 6.07) is 0.0292. The van der Waals surface area contributed by atoms with Crippen LogP contribution < -0.4 is 10.6 Å². The number of amides is 2. The fourth-order valence-electron chi connectivity index (χ4n) is 1.03. The number of carbonyl (C=O) groups is 1. The molecule has 1 heterocycles. The van der Waals surface area contributed by atoms with Crippen LogP contribution in [0.2, 0.25) is 0 Å². The Bertz CT molecular complexity index is 121. The van der Waals surface area contributed by atoms with E-state index in [4.69, 9.17) is 0 Å². The molecule has 0 aromatic carbocycles. The normalized spacial score (nSPS) is 16.1. The maximum absolute atomic E-state index is 11.0. The SMILES string of the molecule is CC.CNC(=O)N1CCNCC1. The second-order valence-electron chi connectivity index (χ2n) is 2.29. The summed E-state index contributed by atoms with van der Waals surface area (Å²) in [5, 5.41) is 5.77. The molecule has 0 aliphatic carbocycles. The second kappa shape index (κ2) is 6.91. The highest BCUT2D eigenvalue weighted by atomic mass is 16.2. The van der Waals surface area contributed by atoms with Crippen LogP contribution in [-0.4, -0.2) is 44.2 Å². The van der Waals surface area contributed by atoms with Gasteiger partial charge in [0, 0.05) is 33.2 Å². The molecule has 0 radical (unpaired) electrons. The molecule has 1 saturated heterocycles. The van der Waals surface area contributed by atoms with E-state index in [9.17, 15) is 4.79 Å². The van der Waals surface area contributed by atoms with Crippen LogP contribution in [-0.2, 0) is 0 Å². The van der Waals surface area contributed by atoms with Gasteiger partial charge in [-0.3, -0.25) is 0 Å². The molecule has 0 spiro atoms. The Balaban J connectivity index is 0.000000561. The van der Waals surface area contributed by atoms with E-state index in [1.807, 2.05) is 13.8 Å². The largest absolute Gasteiger partial charge is 0.341 e. The molecule has 0 aromatic rings. The number of hydrogen-bond donors (Lipinski definition) is 2. The molecule has 2 N–H and O–H groups in total. The van der Waals surface area contributed by atoms with Crippen molar-refractivity contribution in [2.45, 2.75) is 13.8 Å². The maximum Gasteiger partial charge on any atom is 0.317 e. The van der Waals surface area contributed by atoms with Crippen LogP contribution in [0.1, 0.15) is 13.8 Å². The molecule has 1 aliphatic rings. The lowest BCUT2D eigenvalue weighted by atomic mass is 10.4. The van der Waals surface area contributed by atoms with Crippen molar-refractivity contribution in [1.29, 1.82) is 0 Å². The summed E-state index contributed by atoms with van der Waals surface area (Å²) in [6.45, 7) is 7.46. The third-order valence-electron chi connectivity index (χ3n) is 1.62. The zero-order valence-corrected chi connectivity index (χ0v) is 8.18. The number of hydrogen-bond acceptors (Lipinski definition) is 2. The molecule has 4 heteroatoms. The molecular weight excluding hydrogens is 154 g/mol. The fraction of sp³-hybridized carbons (Fsp3) is 0.875. The van der Waals surface area contributed by atoms with E-state index in [-0.39, 0.29) is 6.03 Å². The second-order valence-corrected chi connectivity index (χ2v) is 2.29. The molecular formula is C8H19N3O. The van der Waals surface area contributed by atoms with Gasteiger partial charge in [0.05, 0.1) is 0 Å². The predicted molar refractivity (Wildman–Crippen MR) is 50.2 cm³/mol. The zero-order valence-electron chi connectivity index (χ0n) is 8.18. The lowest BCUT2D eigenvalue weighted by Crippen LogP contribution is -2.49. The first kappa shape index (κ1) is 11.2. The van der Waals surface area contributed by atoms with E-state index in [1.54, 1.807) is 11.9 Å². The van der Waals surface area contributed by atoms with Crippen molar-refractivity contribution < 1.29 is 4.79 Å². The molecule has 12 heavy (non-hydrogen) atoms. The van der Waals surface area contributed by atoms with Gasteiger partial charge in [0.15, 0.2) is 0 Å². The van der Waals surface area contributed by atoms with E-state index >= 15 is 0 Å². The Morgan fingerprint density at radius 2 is 1.83 bits per heavy atom. The van der Waals surface area contributed by atoms with Crippen LogP contribution in [0.4, 0.5) is 4.79 Å². The standard InChI is InChI=1S/C6H13N3O.C2H6/c1-7-6(10)9-4-2-8-3-5-9;1-2/h8H,2-5H2,1H3,(H,7,10);1-2H3. The van der Waals surface area contributed by atoms with E-state index in [2.05, 4.69) is 10.6 Å². The lowest BCUT2D eigenvalue weighted by molar-refractivity contribution is 0.192. The van der Waals surface area contributed by atoms with Crippen molar-refractivity contribution in [3.05, 3.63) is 0 Å². The summed E-state index contributed by atoms with van der Waals surface area (Å²) in [4.78, 5) is 12.8. The first-order chi connectivity index (χ1) is 5.84. The Labute approximate surface area is 74.3 Å². The average molecular weight is 173 g/mol. The third-order valence-corrected chi connectivity index (χ3v) is 1.62. The van der Waals surface area contributed by atoms with Gasteiger partial charge in [0.1, 0.15) is 0 Å². The minimum absolute atomic E-state index is 0.0292. The van der Waals surface area contributed by atoms with Crippen LogP contribution in [0.5, 0.6) is 0 Å². The maximum atomic E-state index is 11.0. The molecule has 1 rings (SSSR count). The van der Waals surface area contributed by atoms with Gasteiger partial charge in [0.2, 0.25) is 0 Å². The van der Waals surface area contributed by atoms with Gasteiger partial charge in [-0.1, -0.05) is 13.8 Å². The smallest absolute Gasteiger partial charge is 0.317 e. The molecule has 0 unspecified atom stereocenters. The number of piperazine rings is 1. The van der Waals surface area contributed by atoms with Crippen LogP contribution in [0.15, 0.2) is 0 Å². The van der Waals surface area contributed by atoms with E-state index in [0.717, 1.165) is 26.2 Å². The van der Waals surface area contributed by atoms with Gasteiger partial charge >= 0.3 is 6.03 Å². The number of nitrogens with one attached hydrogen (secondary N) is 2. The van der Waals surface area contributed by atoms with Crippen molar-refractivity contribution in [2.75, 3.05) is 33.2 Å². The number of urea groups is 1. The summed E-state index contributed by atoms with van der Waals surface area (Å²) < 4.78 is 0. The highest BCUT2D eigenvalue weighted by Crippen LogP contribution is 1.90. The molecule has 72 valence electrons. The molecule has 0 saturated carbocycles. The third kappa shape index (κ3) is 3.57. The molecule has 0 bridgehead atoms. The van der Waals surface area contributed by atoms with Gasteiger partial charge in [-0.15, -0.1) is 0 Å². The van der Waals surface area contributed by atoms with Gasteiger partial charge < -0.3 is 15.5 Å².